The van der Waals surface area contributed by atoms with E-state index in [1.807, 2.05) is 24.3 Å². The fourth-order valence-electron chi connectivity index (χ4n) is 2.11. The van der Waals surface area contributed by atoms with Gasteiger partial charge in [0.05, 0.1) is 0 Å². The smallest absolute Gasteiger partial charge is 0.264 e. The van der Waals surface area contributed by atoms with Crippen LogP contribution in [-0.2, 0) is 11.2 Å². The number of nitrogens with zero attached hydrogens (tertiary/aromatic N) is 1. The normalized spacial score (nSPS) is 10.5. The lowest BCUT2D eigenvalue weighted by atomic mass is 10.1. The van der Waals surface area contributed by atoms with Gasteiger partial charge in [0.2, 0.25) is 0 Å². The number of halogens is 2. The molecule has 0 saturated heterocycles. The fourth-order valence-corrected chi connectivity index (χ4v) is 3.29. The van der Waals surface area contributed by atoms with Crippen molar-refractivity contribution in [1.82, 2.24) is 4.98 Å². The molecule has 0 saturated carbocycles. The summed E-state index contributed by atoms with van der Waals surface area (Å²) in [5, 5.41) is 4.60. The first kappa shape index (κ1) is 17.7. The number of anilines is 1. The molecule has 0 radical (unpaired) electrons. The molecular weight excluding hydrogens is 379 g/mol. The van der Waals surface area contributed by atoms with Gasteiger partial charge in [-0.15, -0.1) is 11.3 Å². The molecule has 3 rings (SSSR count). The molecule has 1 heterocycles. The molecule has 128 valence electrons. The third kappa shape index (κ3) is 5.19. The van der Waals surface area contributed by atoms with Crippen molar-refractivity contribution in [2.45, 2.75) is 6.42 Å². The van der Waals surface area contributed by atoms with Crippen molar-refractivity contribution >= 4 is 45.6 Å². The minimum atomic E-state index is -0.270. The summed E-state index contributed by atoms with van der Waals surface area (Å²) >= 11 is 13.4. The summed E-state index contributed by atoms with van der Waals surface area (Å²) in [6, 6.07) is 14.5. The number of thiazole rings is 1. The molecule has 1 aromatic heterocycles. The van der Waals surface area contributed by atoms with Crippen molar-refractivity contribution in [3.8, 4) is 5.75 Å². The maximum atomic E-state index is 12.0. The molecule has 0 aliphatic carbocycles. The average molecular weight is 393 g/mol. The predicted octanol–water partition coefficient (Wildman–Crippen LogP) is 5.06. The quantitative estimate of drug-likeness (QED) is 0.637. The van der Waals surface area contributed by atoms with Crippen LogP contribution in [0.15, 0.2) is 54.7 Å². The molecule has 25 heavy (non-hydrogen) atoms. The second-order valence-electron chi connectivity index (χ2n) is 5.19. The average Bonchev–Trinajstić information content (AvgIpc) is 3.03. The van der Waals surface area contributed by atoms with Crippen molar-refractivity contribution in [2.24, 2.45) is 0 Å². The molecule has 0 fully saturated rings. The van der Waals surface area contributed by atoms with Crippen LogP contribution in [0.3, 0.4) is 0 Å². The van der Waals surface area contributed by atoms with Crippen molar-refractivity contribution in [3.05, 3.63) is 75.2 Å². The molecule has 1 amide bonds. The molecule has 0 unspecified atom stereocenters. The third-order valence-electron chi connectivity index (χ3n) is 3.31. The summed E-state index contributed by atoms with van der Waals surface area (Å²) in [5.41, 5.74) is 1.02. The van der Waals surface area contributed by atoms with Crippen LogP contribution in [0.25, 0.3) is 0 Å². The first-order chi connectivity index (χ1) is 12.1. The molecule has 1 N–H and O–H groups in total. The Kier molecular flexibility index (Phi) is 5.91. The SMILES string of the molecule is O=C(COc1ccc(Cl)cc1)Nc1ncc(Cc2ccccc2Cl)s1. The van der Waals surface area contributed by atoms with Crippen molar-refractivity contribution in [3.63, 3.8) is 0 Å². The standard InChI is InChI=1S/C18H14Cl2N2O2S/c19-13-5-7-14(8-6-13)24-11-17(23)22-18-21-10-15(25-18)9-12-3-1-2-4-16(12)20/h1-8,10H,9,11H2,(H,21,22,23). The number of aromatic nitrogens is 1. The lowest BCUT2D eigenvalue weighted by Crippen LogP contribution is -2.19. The van der Waals surface area contributed by atoms with E-state index in [-0.39, 0.29) is 12.5 Å². The van der Waals surface area contributed by atoms with Gasteiger partial charge in [-0.1, -0.05) is 41.4 Å². The molecule has 0 atom stereocenters. The van der Waals surface area contributed by atoms with Gasteiger partial charge in [0.1, 0.15) is 5.75 Å². The van der Waals surface area contributed by atoms with Gasteiger partial charge in [-0.3, -0.25) is 10.1 Å². The maximum absolute atomic E-state index is 12.0. The highest BCUT2D eigenvalue weighted by molar-refractivity contribution is 7.15. The molecule has 7 heteroatoms. The van der Waals surface area contributed by atoms with Gasteiger partial charge in [0, 0.05) is 27.5 Å². The monoisotopic (exact) mass is 392 g/mol. The van der Waals surface area contributed by atoms with Crippen LogP contribution in [0, 0.1) is 0 Å². The number of hydrogen-bond acceptors (Lipinski definition) is 4. The molecule has 4 nitrogen and oxygen atoms in total. The summed E-state index contributed by atoms with van der Waals surface area (Å²) in [6.45, 7) is -0.0962. The number of carbonyl (C=O) groups excluding carboxylic acids is 1. The number of hydrogen-bond donors (Lipinski definition) is 1. The molecule has 0 spiro atoms. The lowest BCUT2D eigenvalue weighted by molar-refractivity contribution is -0.118. The number of carbonyl (C=O) groups is 1. The molecule has 0 aliphatic rings. The maximum Gasteiger partial charge on any atom is 0.264 e. The van der Waals surface area contributed by atoms with Crippen LogP contribution < -0.4 is 10.1 Å². The highest BCUT2D eigenvalue weighted by Gasteiger charge is 2.09. The van der Waals surface area contributed by atoms with E-state index < -0.39 is 0 Å². The van der Waals surface area contributed by atoms with E-state index in [0.29, 0.717) is 22.3 Å². The summed E-state index contributed by atoms with van der Waals surface area (Å²) in [6.07, 6.45) is 2.41. The summed E-state index contributed by atoms with van der Waals surface area (Å²) in [7, 11) is 0. The van der Waals surface area contributed by atoms with E-state index >= 15 is 0 Å². The predicted molar refractivity (Wildman–Crippen MR) is 102 cm³/mol. The Labute approximate surface area is 159 Å². The Bertz CT molecular complexity index is 866. The Morgan fingerprint density at radius 3 is 2.64 bits per heavy atom. The van der Waals surface area contributed by atoms with Crippen molar-refractivity contribution in [1.29, 1.82) is 0 Å². The molecular formula is C18H14Cl2N2O2S. The highest BCUT2D eigenvalue weighted by Crippen LogP contribution is 2.24. The van der Waals surface area contributed by atoms with Crippen LogP contribution in [0.1, 0.15) is 10.4 Å². The van der Waals surface area contributed by atoms with E-state index in [2.05, 4.69) is 10.3 Å². The minimum Gasteiger partial charge on any atom is -0.484 e. The molecule has 3 aromatic rings. The zero-order chi connectivity index (χ0) is 17.6. The number of benzene rings is 2. The van der Waals surface area contributed by atoms with E-state index in [9.17, 15) is 4.79 Å². The van der Waals surface area contributed by atoms with Gasteiger partial charge < -0.3 is 4.74 Å². The molecule has 2 aromatic carbocycles. The van der Waals surface area contributed by atoms with Gasteiger partial charge in [-0.2, -0.15) is 0 Å². The summed E-state index contributed by atoms with van der Waals surface area (Å²) in [5.74, 6) is 0.312. The van der Waals surface area contributed by atoms with Crippen LogP contribution in [0.2, 0.25) is 10.0 Å². The van der Waals surface area contributed by atoms with Gasteiger partial charge in [0.25, 0.3) is 5.91 Å². The second-order valence-corrected chi connectivity index (χ2v) is 7.15. The summed E-state index contributed by atoms with van der Waals surface area (Å²) < 4.78 is 5.40. The Balaban J connectivity index is 1.53. The van der Waals surface area contributed by atoms with E-state index in [1.165, 1.54) is 11.3 Å². The first-order valence-electron chi connectivity index (χ1n) is 7.46. The molecule has 0 aliphatic heterocycles. The number of nitrogens with one attached hydrogen (secondary N) is 1. The topological polar surface area (TPSA) is 51.2 Å². The van der Waals surface area contributed by atoms with Gasteiger partial charge in [-0.25, -0.2) is 4.98 Å². The zero-order valence-corrected chi connectivity index (χ0v) is 15.4. The first-order valence-corrected chi connectivity index (χ1v) is 9.04. The second kappa shape index (κ2) is 8.34. The van der Waals surface area contributed by atoms with E-state index in [0.717, 1.165) is 15.5 Å². The van der Waals surface area contributed by atoms with E-state index in [4.69, 9.17) is 27.9 Å². The Morgan fingerprint density at radius 1 is 1.12 bits per heavy atom. The number of amides is 1. The van der Waals surface area contributed by atoms with Crippen LogP contribution in [-0.4, -0.2) is 17.5 Å². The van der Waals surface area contributed by atoms with Crippen LogP contribution >= 0.6 is 34.5 Å². The number of ether oxygens (including phenoxy) is 1. The fraction of sp³-hybridized carbons (Fsp3) is 0.111. The third-order valence-corrected chi connectivity index (χ3v) is 4.84. The lowest BCUT2D eigenvalue weighted by Gasteiger charge is -2.05. The molecule has 0 bridgehead atoms. The van der Waals surface area contributed by atoms with Gasteiger partial charge in [-0.05, 0) is 35.9 Å². The van der Waals surface area contributed by atoms with Crippen molar-refractivity contribution in [2.75, 3.05) is 11.9 Å². The van der Waals surface area contributed by atoms with Crippen molar-refractivity contribution < 1.29 is 9.53 Å². The van der Waals surface area contributed by atoms with E-state index in [1.54, 1.807) is 30.5 Å². The number of rotatable bonds is 6. The Hall–Kier alpha value is -2.08. The van der Waals surface area contributed by atoms with Crippen LogP contribution in [0.4, 0.5) is 5.13 Å². The van der Waals surface area contributed by atoms with Gasteiger partial charge >= 0.3 is 0 Å². The highest BCUT2D eigenvalue weighted by atomic mass is 35.5. The largest absolute Gasteiger partial charge is 0.484 e. The zero-order valence-electron chi connectivity index (χ0n) is 13.0. The van der Waals surface area contributed by atoms with Gasteiger partial charge in [0.15, 0.2) is 11.7 Å². The summed E-state index contributed by atoms with van der Waals surface area (Å²) in [4.78, 5) is 17.2. The Morgan fingerprint density at radius 2 is 1.88 bits per heavy atom. The van der Waals surface area contributed by atoms with Crippen LogP contribution in [0.5, 0.6) is 5.75 Å². The minimum absolute atomic E-state index is 0.0962.